The Labute approximate surface area is 199 Å². The van der Waals surface area contributed by atoms with Gasteiger partial charge < -0.3 is 9.47 Å². The Balaban J connectivity index is 1.47. The number of hydrazine groups is 1. The summed E-state index contributed by atoms with van der Waals surface area (Å²) in [7, 11) is 0. The Kier molecular flexibility index (Phi) is 7.82. The highest BCUT2D eigenvalue weighted by molar-refractivity contribution is 9.11. The summed E-state index contributed by atoms with van der Waals surface area (Å²) in [6.45, 7) is -0.649. The second-order valence-corrected chi connectivity index (χ2v) is 8.46. The first-order valence-electron chi connectivity index (χ1n) is 8.50. The van der Waals surface area contributed by atoms with Crippen molar-refractivity contribution in [1.82, 2.24) is 10.9 Å². The third-order valence-corrected chi connectivity index (χ3v) is 5.74. The van der Waals surface area contributed by atoms with E-state index >= 15 is 0 Å². The van der Waals surface area contributed by atoms with Crippen molar-refractivity contribution in [2.24, 2.45) is 0 Å². The summed E-state index contributed by atoms with van der Waals surface area (Å²) in [6, 6.07) is 14.5. The molecule has 0 bridgehead atoms. The van der Waals surface area contributed by atoms with E-state index in [9.17, 15) is 9.59 Å². The zero-order chi connectivity index (χ0) is 21.7. The molecule has 0 aromatic heterocycles. The van der Waals surface area contributed by atoms with Gasteiger partial charge in [0, 0.05) is 5.02 Å². The van der Waals surface area contributed by atoms with Gasteiger partial charge in [0.1, 0.15) is 5.75 Å². The summed E-state index contributed by atoms with van der Waals surface area (Å²) in [5, 5.41) is 2.68. The summed E-state index contributed by atoms with van der Waals surface area (Å²) in [5.74, 6) is -0.324. The predicted octanol–water partition coefficient (Wildman–Crippen LogP) is 5.28. The number of carbonyl (C=O) groups excluding carboxylic acids is 2. The van der Waals surface area contributed by atoms with E-state index in [1.807, 2.05) is 30.3 Å². The van der Waals surface area contributed by atoms with Crippen LogP contribution in [0.4, 0.5) is 0 Å². The molecule has 0 aliphatic heterocycles. The normalized spacial score (nSPS) is 10.5. The molecular formula is C20H14Br2Cl2N2O4. The molecule has 3 aromatic carbocycles. The van der Waals surface area contributed by atoms with Crippen molar-refractivity contribution >= 4 is 77.6 Å². The van der Waals surface area contributed by atoms with Crippen LogP contribution in [0.15, 0.2) is 57.5 Å². The Morgan fingerprint density at radius 2 is 1.57 bits per heavy atom. The molecule has 0 unspecified atom stereocenters. The molecule has 0 aliphatic rings. The topological polar surface area (TPSA) is 76.7 Å². The van der Waals surface area contributed by atoms with Gasteiger partial charge in [-0.15, -0.1) is 0 Å². The summed E-state index contributed by atoms with van der Waals surface area (Å²) in [5.41, 5.74) is 4.50. The van der Waals surface area contributed by atoms with Gasteiger partial charge in [0.2, 0.25) is 0 Å². The van der Waals surface area contributed by atoms with Crippen molar-refractivity contribution in [1.29, 1.82) is 0 Å². The van der Waals surface area contributed by atoms with Gasteiger partial charge in [-0.2, -0.15) is 0 Å². The van der Waals surface area contributed by atoms with Gasteiger partial charge in [-0.05, 0) is 60.8 Å². The zero-order valence-corrected chi connectivity index (χ0v) is 19.9. The number of hydrogen-bond donors (Lipinski definition) is 2. The number of halogens is 4. The van der Waals surface area contributed by atoms with E-state index in [-0.39, 0.29) is 24.0 Å². The fourth-order valence-electron chi connectivity index (χ4n) is 2.48. The minimum Gasteiger partial charge on any atom is -0.483 e. The van der Waals surface area contributed by atoms with Crippen LogP contribution in [-0.2, 0) is 9.59 Å². The lowest BCUT2D eigenvalue weighted by Crippen LogP contribution is -2.45. The molecule has 30 heavy (non-hydrogen) atoms. The minimum atomic E-state index is -0.576. The third kappa shape index (κ3) is 5.78. The van der Waals surface area contributed by atoms with Crippen LogP contribution in [0.25, 0.3) is 10.8 Å². The lowest BCUT2D eigenvalue weighted by molar-refractivity contribution is -0.131. The van der Waals surface area contributed by atoms with E-state index in [2.05, 4.69) is 42.7 Å². The van der Waals surface area contributed by atoms with Crippen molar-refractivity contribution in [3.8, 4) is 11.5 Å². The first-order chi connectivity index (χ1) is 14.3. The van der Waals surface area contributed by atoms with Crippen molar-refractivity contribution in [3.05, 3.63) is 67.5 Å². The third-order valence-electron chi connectivity index (χ3n) is 3.84. The van der Waals surface area contributed by atoms with E-state index in [1.54, 1.807) is 12.1 Å². The van der Waals surface area contributed by atoms with Gasteiger partial charge in [-0.3, -0.25) is 20.4 Å². The molecule has 3 aromatic rings. The molecule has 2 N–H and O–H groups in total. The van der Waals surface area contributed by atoms with E-state index in [1.165, 1.54) is 6.07 Å². The highest BCUT2D eigenvalue weighted by atomic mass is 79.9. The largest absolute Gasteiger partial charge is 0.483 e. The van der Waals surface area contributed by atoms with E-state index in [0.717, 1.165) is 15.2 Å². The number of rotatable bonds is 6. The summed E-state index contributed by atoms with van der Waals surface area (Å²) >= 11 is 18.6. The van der Waals surface area contributed by atoms with Crippen molar-refractivity contribution in [3.63, 3.8) is 0 Å². The number of carbonyl (C=O) groups is 2. The van der Waals surface area contributed by atoms with E-state index < -0.39 is 11.8 Å². The SMILES string of the molecule is O=C(COc1ccc2ccccc2c1Br)NNC(=O)COc1c(Cl)cc(Cl)cc1Br. The van der Waals surface area contributed by atoms with Gasteiger partial charge in [0.15, 0.2) is 19.0 Å². The number of hydrogen-bond acceptors (Lipinski definition) is 4. The zero-order valence-electron chi connectivity index (χ0n) is 15.2. The fourth-order valence-corrected chi connectivity index (χ4v) is 4.46. The molecule has 0 heterocycles. The molecule has 0 saturated heterocycles. The van der Waals surface area contributed by atoms with Gasteiger partial charge >= 0.3 is 0 Å². The quantitative estimate of drug-likeness (QED) is 0.392. The molecule has 0 atom stereocenters. The number of benzene rings is 3. The number of amides is 2. The highest BCUT2D eigenvalue weighted by Crippen LogP contribution is 2.36. The molecule has 2 amide bonds. The molecule has 0 spiro atoms. The summed E-state index contributed by atoms with van der Waals surface area (Å²) < 4.78 is 12.1. The lowest BCUT2D eigenvalue weighted by Gasteiger charge is -2.12. The van der Waals surface area contributed by atoms with Crippen molar-refractivity contribution in [2.45, 2.75) is 0 Å². The minimum absolute atomic E-state index is 0.251. The summed E-state index contributed by atoms with van der Waals surface area (Å²) in [6.07, 6.45) is 0. The molecule has 3 rings (SSSR count). The van der Waals surface area contributed by atoms with Crippen LogP contribution < -0.4 is 20.3 Å². The molecule has 0 aliphatic carbocycles. The lowest BCUT2D eigenvalue weighted by atomic mass is 10.1. The first-order valence-corrected chi connectivity index (χ1v) is 10.8. The second-order valence-electron chi connectivity index (χ2n) is 5.97. The van der Waals surface area contributed by atoms with E-state index in [0.29, 0.717) is 15.2 Å². The van der Waals surface area contributed by atoms with Gasteiger partial charge in [-0.25, -0.2) is 0 Å². The van der Waals surface area contributed by atoms with Crippen LogP contribution in [0.2, 0.25) is 10.0 Å². The molecule has 0 fully saturated rings. The van der Waals surface area contributed by atoms with Gasteiger partial charge in [0.25, 0.3) is 11.8 Å². The van der Waals surface area contributed by atoms with Crippen LogP contribution in [0.5, 0.6) is 11.5 Å². The smallest absolute Gasteiger partial charge is 0.276 e. The standard InChI is InChI=1S/C20H14Br2Cl2N2O4/c21-14-7-12(23)8-15(24)20(14)30-10-18(28)26-25-17(27)9-29-16-6-5-11-3-1-2-4-13(11)19(16)22/h1-8H,9-10H2,(H,25,27)(H,26,28). The maximum Gasteiger partial charge on any atom is 0.276 e. The Morgan fingerprint density at radius 1 is 0.900 bits per heavy atom. The Morgan fingerprint density at radius 3 is 2.27 bits per heavy atom. The highest BCUT2D eigenvalue weighted by Gasteiger charge is 2.13. The second kappa shape index (κ2) is 10.3. The first kappa shape index (κ1) is 22.7. The monoisotopic (exact) mass is 574 g/mol. The van der Waals surface area contributed by atoms with Gasteiger partial charge in [0.05, 0.1) is 14.0 Å². The van der Waals surface area contributed by atoms with Crippen LogP contribution in [-0.4, -0.2) is 25.0 Å². The number of nitrogens with one attached hydrogen (secondary N) is 2. The molecule has 10 heteroatoms. The van der Waals surface area contributed by atoms with Crippen LogP contribution in [0.1, 0.15) is 0 Å². The fraction of sp³-hybridized carbons (Fsp3) is 0.100. The average Bonchev–Trinajstić information content (AvgIpc) is 2.71. The number of ether oxygens (including phenoxy) is 2. The molecule has 156 valence electrons. The van der Waals surface area contributed by atoms with Crippen LogP contribution in [0.3, 0.4) is 0 Å². The van der Waals surface area contributed by atoms with E-state index in [4.69, 9.17) is 32.7 Å². The Hall–Kier alpha value is -2.00. The average molecular weight is 577 g/mol. The van der Waals surface area contributed by atoms with Crippen LogP contribution >= 0.6 is 55.1 Å². The maximum atomic E-state index is 12.0. The van der Waals surface area contributed by atoms with Crippen LogP contribution in [0, 0.1) is 0 Å². The van der Waals surface area contributed by atoms with Gasteiger partial charge in [-0.1, -0.05) is 53.5 Å². The molecular weight excluding hydrogens is 563 g/mol. The van der Waals surface area contributed by atoms with Crippen molar-refractivity contribution in [2.75, 3.05) is 13.2 Å². The molecule has 0 radical (unpaired) electrons. The predicted molar refractivity (Wildman–Crippen MR) is 123 cm³/mol. The number of fused-ring (bicyclic) bond motifs is 1. The van der Waals surface area contributed by atoms with Crippen molar-refractivity contribution < 1.29 is 19.1 Å². The molecule has 0 saturated carbocycles. The maximum absolute atomic E-state index is 12.0. The Bertz CT molecular complexity index is 1090. The summed E-state index contributed by atoms with van der Waals surface area (Å²) in [4.78, 5) is 23.9. The molecule has 6 nitrogen and oxygen atoms in total.